The predicted octanol–water partition coefficient (Wildman–Crippen LogP) is 6.65. The van der Waals surface area contributed by atoms with Crippen LogP contribution in [0.5, 0.6) is 0 Å². The highest BCUT2D eigenvalue weighted by molar-refractivity contribution is 9.10. The van der Waals surface area contributed by atoms with Crippen LogP contribution in [-0.4, -0.2) is 48.4 Å². The lowest BCUT2D eigenvalue weighted by Gasteiger charge is -2.29. The summed E-state index contributed by atoms with van der Waals surface area (Å²) in [5.74, 6) is 0. The molecule has 2 aliphatic rings. The summed E-state index contributed by atoms with van der Waals surface area (Å²) < 4.78 is 35.0. The molecule has 0 saturated carbocycles. The van der Waals surface area contributed by atoms with Gasteiger partial charge >= 0.3 is 6.09 Å². The fourth-order valence-electron chi connectivity index (χ4n) is 5.88. The summed E-state index contributed by atoms with van der Waals surface area (Å²) in [7, 11) is -3.71. The van der Waals surface area contributed by atoms with Crippen LogP contribution >= 0.6 is 15.9 Å². The van der Waals surface area contributed by atoms with Gasteiger partial charge in [-0.15, -0.1) is 0 Å². The molecule has 4 atom stereocenters. The van der Waals surface area contributed by atoms with E-state index in [9.17, 15) is 13.2 Å². The van der Waals surface area contributed by atoms with E-state index >= 15 is 0 Å². The molecule has 6 nitrogen and oxygen atoms in total. The highest BCUT2D eigenvalue weighted by atomic mass is 79.9. The average Bonchev–Trinajstić information content (AvgIpc) is 3.42. The van der Waals surface area contributed by atoms with Crippen molar-refractivity contribution in [2.24, 2.45) is 0 Å². The minimum Gasteiger partial charge on any atom is -0.444 e. The van der Waals surface area contributed by atoms with E-state index in [-0.39, 0.29) is 12.1 Å². The largest absolute Gasteiger partial charge is 0.444 e. The summed E-state index contributed by atoms with van der Waals surface area (Å²) in [5.41, 5.74) is 1.56. The number of aryl methyl sites for hydroxylation is 1. The van der Waals surface area contributed by atoms with E-state index < -0.39 is 32.8 Å². The Bertz CT molecular complexity index is 1210. The maximum absolute atomic E-state index is 14.1. The normalized spacial score (nSPS) is 23.1. The zero-order valence-electron chi connectivity index (χ0n) is 23.0. The summed E-state index contributed by atoms with van der Waals surface area (Å²) in [4.78, 5) is 15.3. The van der Waals surface area contributed by atoms with Gasteiger partial charge < -0.3 is 10.1 Å². The van der Waals surface area contributed by atoms with Crippen molar-refractivity contribution in [3.63, 3.8) is 0 Å². The van der Waals surface area contributed by atoms with Gasteiger partial charge in [0.05, 0.1) is 17.0 Å². The van der Waals surface area contributed by atoms with Crippen LogP contribution in [0.1, 0.15) is 77.3 Å². The van der Waals surface area contributed by atoms with Gasteiger partial charge in [-0.1, -0.05) is 66.4 Å². The third kappa shape index (κ3) is 6.62. The van der Waals surface area contributed by atoms with Crippen molar-refractivity contribution < 1.29 is 17.9 Å². The number of nitrogens with one attached hydrogen (secondary N) is 1. The lowest BCUT2D eigenvalue weighted by Crippen LogP contribution is -2.50. The second-order valence-corrected chi connectivity index (χ2v) is 14.6. The van der Waals surface area contributed by atoms with E-state index in [1.54, 1.807) is 17.0 Å². The number of rotatable bonds is 10. The molecule has 8 heteroatoms. The number of ether oxygens (including phenoxy) is 1. The minimum absolute atomic E-state index is 0.236. The topological polar surface area (TPSA) is 75.7 Å². The Kier molecular flexibility index (Phi) is 9.26. The van der Waals surface area contributed by atoms with Gasteiger partial charge in [0.25, 0.3) is 0 Å². The Labute approximate surface area is 236 Å². The highest BCUT2D eigenvalue weighted by Crippen LogP contribution is 2.44. The van der Waals surface area contributed by atoms with Gasteiger partial charge in [0.2, 0.25) is 0 Å². The lowest BCUT2D eigenvalue weighted by molar-refractivity contribution is 0.0210. The summed E-state index contributed by atoms with van der Waals surface area (Å²) >= 11 is 3.51. The van der Waals surface area contributed by atoms with E-state index in [2.05, 4.69) is 28.2 Å². The first-order valence-electron chi connectivity index (χ1n) is 13.8. The number of halogens is 1. The van der Waals surface area contributed by atoms with Crippen LogP contribution < -0.4 is 5.32 Å². The van der Waals surface area contributed by atoms with Crippen LogP contribution in [0.15, 0.2) is 57.9 Å². The average molecular weight is 606 g/mol. The molecule has 38 heavy (non-hydrogen) atoms. The molecular formula is C30H41BrN2O4S. The van der Waals surface area contributed by atoms with Gasteiger partial charge in [-0.2, -0.15) is 0 Å². The Morgan fingerprint density at radius 3 is 2.39 bits per heavy atom. The summed E-state index contributed by atoms with van der Waals surface area (Å²) in [6.07, 6.45) is 6.64. The van der Waals surface area contributed by atoms with Crippen LogP contribution in [0, 0.1) is 0 Å². The second kappa shape index (κ2) is 12.1. The first kappa shape index (κ1) is 29.1. The van der Waals surface area contributed by atoms with E-state index in [0.717, 1.165) is 34.9 Å². The van der Waals surface area contributed by atoms with Crippen LogP contribution in [0.2, 0.25) is 0 Å². The molecule has 4 rings (SSSR count). The maximum atomic E-state index is 14.1. The summed E-state index contributed by atoms with van der Waals surface area (Å²) in [6.45, 7) is 8.22. The van der Waals surface area contributed by atoms with Crippen molar-refractivity contribution in [2.75, 3.05) is 0 Å². The number of nitrogens with zero attached hydrogens (tertiary/aromatic N) is 1. The molecule has 0 aliphatic carbocycles. The number of carbonyl (C=O) groups excluding carboxylic acids is 1. The van der Waals surface area contributed by atoms with Crippen molar-refractivity contribution in [2.45, 2.75) is 113 Å². The van der Waals surface area contributed by atoms with Crippen molar-refractivity contribution in [3.8, 4) is 0 Å². The lowest BCUT2D eigenvalue weighted by atomic mass is 9.94. The smallest absolute Gasteiger partial charge is 0.410 e. The molecule has 1 N–H and O–H groups in total. The number of amides is 1. The summed E-state index contributed by atoms with van der Waals surface area (Å²) in [6, 6.07) is 14.3. The van der Waals surface area contributed by atoms with Gasteiger partial charge in [0, 0.05) is 17.1 Å². The van der Waals surface area contributed by atoms with E-state index in [1.807, 2.05) is 57.2 Å². The molecule has 0 unspecified atom stereocenters. The third-order valence-electron chi connectivity index (χ3n) is 7.58. The van der Waals surface area contributed by atoms with Crippen molar-refractivity contribution >= 4 is 31.9 Å². The number of unbranched alkanes of at least 4 members (excludes halogenated alkanes) is 3. The molecule has 2 saturated heterocycles. The second-order valence-electron chi connectivity index (χ2n) is 11.6. The molecule has 0 spiro atoms. The zero-order chi connectivity index (χ0) is 27.5. The minimum atomic E-state index is -3.71. The Morgan fingerprint density at radius 1 is 1.03 bits per heavy atom. The zero-order valence-corrected chi connectivity index (χ0v) is 25.4. The first-order chi connectivity index (χ1) is 18.0. The Hall–Kier alpha value is -1.90. The monoisotopic (exact) mass is 604 g/mol. The number of fused-ring (bicyclic) bond motifs is 2. The molecule has 0 aromatic heterocycles. The number of carbonyl (C=O) groups is 1. The van der Waals surface area contributed by atoms with E-state index in [0.29, 0.717) is 17.9 Å². The quantitative estimate of drug-likeness (QED) is 0.307. The van der Waals surface area contributed by atoms with Crippen LogP contribution in [0.3, 0.4) is 0 Å². The molecule has 2 fully saturated rings. The van der Waals surface area contributed by atoms with Gasteiger partial charge in [0.15, 0.2) is 9.84 Å². The van der Waals surface area contributed by atoms with Gasteiger partial charge in [0.1, 0.15) is 10.9 Å². The number of benzene rings is 2. The molecule has 0 radical (unpaired) electrons. The molecule has 2 aliphatic heterocycles. The third-order valence-corrected chi connectivity index (χ3v) is 10.3. The molecule has 2 aromatic rings. The summed E-state index contributed by atoms with van der Waals surface area (Å²) in [5, 5.41) is 2.79. The van der Waals surface area contributed by atoms with Crippen LogP contribution in [-0.2, 0) is 27.5 Å². The molecule has 2 bridgehead atoms. The van der Waals surface area contributed by atoms with Gasteiger partial charge in [-0.05, 0) is 81.8 Å². The Balaban J connectivity index is 1.59. The van der Waals surface area contributed by atoms with Gasteiger partial charge in [-0.25, -0.2) is 13.2 Å². The number of hydrogen-bond acceptors (Lipinski definition) is 5. The fraction of sp³-hybridized carbons (Fsp3) is 0.567. The van der Waals surface area contributed by atoms with Crippen molar-refractivity contribution in [1.29, 1.82) is 0 Å². The SMILES string of the molecule is CCCCCCc1ccc(S(=O)(=O)[C@@H]2[C@@H](NCc3cccc(Br)c3)[C@@H]3CC[C@H]2N3C(=O)OC(C)(C)C)cc1. The van der Waals surface area contributed by atoms with Crippen molar-refractivity contribution in [1.82, 2.24) is 10.2 Å². The highest BCUT2D eigenvalue weighted by Gasteiger charge is 2.60. The van der Waals surface area contributed by atoms with Crippen LogP contribution in [0.4, 0.5) is 4.79 Å². The molecule has 2 heterocycles. The number of hydrogen-bond donors (Lipinski definition) is 1. The predicted molar refractivity (Wildman–Crippen MR) is 155 cm³/mol. The fourth-order valence-corrected chi connectivity index (χ4v) is 8.50. The molecular weight excluding hydrogens is 564 g/mol. The van der Waals surface area contributed by atoms with E-state index in [4.69, 9.17) is 4.74 Å². The Morgan fingerprint density at radius 2 is 1.74 bits per heavy atom. The van der Waals surface area contributed by atoms with Gasteiger partial charge in [-0.3, -0.25) is 4.90 Å². The van der Waals surface area contributed by atoms with Crippen molar-refractivity contribution in [3.05, 3.63) is 64.1 Å². The molecule has 208 valence electrons. The molecule has 2 aromatic carbocycles. The molecule has 1 amide bonds. The first-order valence-corrected chi connectivity index (χ1v) is 16.2. The maximum Gasteiger partial charge on any atom is 0.410 e. The number of sulfone groups is 1. The van der Waals surface area contributed by atoms with Crippen LogP contribution in [0.25, 0.3) is 0 Å². The van der Waals surface area contributed by atoms with E-state index in [1.165, 1.54) is 19.3 Å². The standard InChI is InChI=1S/C30H41BrN2O4S/c1-5-6-7-8-10-21-13-15-24(16-14-21)38(35,36)28-26-18-17-25(33(26)29(34)37-30(2,3)4)27(28)32-20-22-11-9-12-23(31)19-22/h9,11-16,19,25-28,32H,5-8,10,17-18,20H2,1-4H3/t25-,26+,27-,28-/m0/s1.